The molecule has 0 aliphatic carbocycles. The zero-order valence-corrected chi connectivity index (χ0v) is 11.3. The fraction of sp³-hybridized carbons (Fsp3) is 0.294. The maximum absolute atomic E-state index is 5.84. The Morgan fingerprint density at radius 3 is 2.68 bits per heavy atom. The maximum atomic E-state index is 5.84. The van der Waals surface area contributed by atoms with E-state index in [1.54, 1.807) is 0 Å². The van der Waals surface area contributed by atoms with Crippen LogP contribution in [0, 0.1) is 0 Å². The molecule has 2 nitrogen and oxygen atoms in total. The van der Waals surface area contributed by atoms with Crippen LogP contribution in [-0.4, -0.2) is 13.6 Å². The molecule has 0 atom stereocenters. The van der Waals surface area contributed by atoms with Crippen molar-refractivity contribution >= 4 is 21.9 Å². The predicted molar refractivity (Wildman–Crippen MR) is 80.6 cm³/mol. The molecular formula is C17H19NO. The normalized spacial score (nSPS) is 11.4. The Morgan fingerprint density at radius 2 is 1.79 bits per heavy atom. The van der Waals surface area contributed by atoms with Gasteiger partial charge in [0.2, 0.25) is 0 Å². The number of hydrogen-bond acceptors (Lipinski definition) is 2. The third-order valence-corrected chi connectivity index (χ3v) is 3.58. The molecule has 1 N–H and O–H groups in total. The quantitative estimate of drug-likeness (QED) is 0.692. The van der Waals surface area contributed by atoms with Gasteiger partial charge in [-0.2, -0.15) is 0 Å². The average Bonchev–Trinajstić information content (AvgIpc) is 2.82. The predicted octanol–water partition coefficient (Wildman–Crippen LogP) is 4.13. The Kier molecular flexibility index (Phi) is 3.51. The van der Waals surface area contributed by atoms with E-state index >= 15 is 0 Å². The molecular weight excluding hydrogens is 234 g/mol. The highest BCUT2D eigenvalue weighted by Gasteiger charge is 2.06. The lowest BCUT2D eigenvalue weighted by molar-refractivity contribution is 0.667. The first-order chi connectivity index (χ1) is 9.38. The van der Waals surface area contributed by atoms with Crippen molar-refractivity contribution in [3.8, 4) is 0 Å². The molecule has 0 fully saturated rings. The Balaban J connectivity index is 1.89. The van der Waals surface area contributed by atoms with Crippen molar-refractivity contribution in [2.45, 2.75) is 19.3 Å². The van der Waals surface area contributed by atoms with E-state index in [0.29, 0.717) is 0 Å². The van der Waals surface area contributed by atoms with Gasteiger partial charge in [-0.25, -0.2) is 0 Å². The van der Waals surface area contributed by atoms with Crippen LogP contribution in [0.25, 0.3) is 21.9 Å². The number of hydrogen-bond donors (Lipinski definition) is 1. The number of fused-ring (bicyclic) bond motifs is 3. The molecule has 19 heavy (non-hydrogen) atoms. The van der Waals surface area contributed by atoms with Crippen LogP contribution in [0.15, 0.2) is 46.9 Å². The minimum atomic E-state index is 0.977. The largest absolute Gasteiger partial charge is 0.456 e. The van der Waals surface area contributed by atoms with Gasteiger partial charge in [-0.05, 0) is 56.6 Å². The van der Waals surface area contributed by atoms with Gasteiger partial charge in [0.15, 0.2) is 0 Å². The first-order valence-corrected chi connectivity index (χ1v) is 6.93. The number of nitrogens with one attached hydrogen (secondary N) is 1. The molecule has 98 valence electrons. The number of unbranched alkanes of at least 4 members (excludes halogenated alkanes) is 1. The molecule has 1 aromatic heterocycles. The van der Waals surface area contributed by atoms with Crippen LogP contribution < -0.4 is 5.32 Å². The minimum Gasteiger partial charge on any atom is -0.456 e. The van der Waals surface area contributed by atoms with Crippen LogP contribution in [0.1, 0.15) is 18.4 Å². The van der Waals surface area contributed by atoms with Gasteiger partial charge in [0.05, 0.1) is 0 Å². The highest BCUT2D eigenvalue weighted by molar-refractivity contribution is 6.04. The molecule has 0 aliphatic heterocycles. The summed E-state index contributed by atoms with van der Waals surface area (Å²) in [5.74, 6) is 0. The Labute approximate surface area is 113 Å². The van der Waals surface area contributed by atoms with Gasteiger partial charge >= 0.3 is 0 Å². The Morgan fingerprint density at radius 1 is 0.947 bits per heavy atom. The minimum absolute atomic E-state index is 0.977. The fourth-order valence-corrected chi connectivity index (χ4v) is 2.56. The van der Waals surface area contributed by atoms with Crippen molar-refractivity contribution in [2.24, 2.45) is 0 Å². The van der Waals surface area contributed by atoms with Crippen LogP contribution in [-0.2, 0) is 6.42 Å². The van der Waals surface area contributed by atoms with E-state index in [9.17, 15) is 0 Å². The van der Waals surface area contributed by atoms with Crippen molar-refractivity contribution < 1.29 is 4.42 Å². The highest BCUT2D eigenvalue weighted by Crippen LogP contribution is 2.29. The van der Waals surface area contributed by atoms with E-state index in [0.717, 1.165) is 24.1 Å². The third kappa shape index (κ3) is 2.49. The molecule has 0 amide bonds. The van der Waals surface area contributed by atoms with Gasteiger partial charge in [0.1, 0.15) is 11.2 Å². The number of furan rings is 1. The van der Waals surface area contributed by atoms with Gasteiger partial charge in [0.25, 0.3) is 0 Å². The second-order valence-corrected chi connectivity index (χ2v) is 4.99. The SMILES string of the molecule is CNCCCCc1ccc2oc3ccccc3c2c1. The van der Waals surface area contributed by atoms with E-state index in [1.165, 1.54) is 29.2 Å². The van der Waals surface area contributed by atoms with Crippen LogP contribution in [0.2, 0.25) is 0 Å². The lowest BCUT2D eigenvalue weighted by Crippen LogP contribution is -2.07. The average molecular weight is 253 g/mol. The van der Waals surface area contributed by atoms with E-state index in [-0.39, 0.29) is 0 Å². The molecule has 0 radical (unpaired) electrons. The second kappa shape index (κ2) is 5.45. The first kappa shape index (κ1) is 12.2. The summed E-state index contributed by atoms with van der Waals surface area (Å²) in [7, 11) is 2.00. The Bertz CT molecular complexity index is 684. The Hall–Kier alpha value is -1.80. The number of benzene rings is 2. The van der Waals surface area contributed by atoms with E-state index in [4.69, 9.17) is 4.42 Å². The molecule has 3 rings (SSSR count). The van der Waals surface area contributed by atoms with E-state index in [2.05, 4.69) is 35.6 Å². The summed E-state index contributed by atoms with van der Waals surface area (Å²) in [4.78, 5) is 0. The van der Waals surface area contributed by atoms with Gasteiger partial charge in [-0.15, -0.1) is 0 Å². The van der Waals surface area contributed by atoms with Crippen LogP contribution in [0.4, 0.5) is 0 Å². The molecule has 3 aromatic rings. The molecule has 0 aliphatic rings. The molecule has 2 heteroatoms. The lowest BCUT2D eigenvalue weighted by Gasteiger charge is -2.01. The summed E-state index contributed by atoms with van der Waals surface area (Å²) < 4.78 is 5.84. The van der Waals surface area contributed by atoms with E-state index < -0.39 is 0 Å². The summed E-state index contributed by atoms with van der Waals surface area (Å²) in [6, 6.07) is 14.8. The summed E-state index contributed by atoms with van der Waals surface area (Å²) in [6.07, 6.45) is 3.58. The number of rotatable bonds is 5. The summed E-state index contributed by atoms with van der Waals surface area (Å²) >= 11 is 0. The summed E-state index contributed by atoms with van der Waals surface area (Å²) in [5.41, 5.74) is 3.36. The van der Waals surface area contributed by atoms with Crippen LogP contribution in [0.3, 0.4) is 0 Å². The smallest absolute Gasteiger partial charge is 0.135 e. The zero-order valence-electron chi connectivity index (χ0n) is 11.3. The molecule has 0 bridgehead atoms. The standard InChI is InChI=1S/C17H19NO/c1-18-11-5-4-6-13-9-10-17-15(12-13)14-7-2-3-8-16(14)19-17/h2-3,7-10,12,18H,4-6,11H2,1H3. The first-order valence-electron chi connectivity index (χ1n) is 6.93. The van der Waals surface area contributed by atoms with Crippen LogP contribution >= 0.6 is 0 Å². The summed E-state index contributed by atoms with van der Waals surface area (Å²) in [6.45, 7) is 1.09. The van der Waals surface area contributed by atoms with Gasteiger partial charge in [-0.3, -0.25) is 0 Å². The van der Waals surface area contributed by atoms with Crippen molar-refractivity contribution in [3.63, 3.8) is 0 Å². The van der Waals surface area contributed by atoms with Crippen molar-refractivity contribution in [1.82, 2.24) is 5.32 Å². The fourth-order valence-electron chi connectivity index (χ4n) is 2.56. The zero-order chi connectivity index (χ0) is 13.1. The summed E-state index contributed by atoms with van der Waals surface area (Å²) in [5, 5.41) is 5.64. The van der Waals surface area contributed by atoms with Gasteiger partial charge < -0.3 is 9.73 Å². The van der Waals surface area contributed by atoms with Gasteiger partial charge in [0, 0.05) is 10.8 Å². The highest BCUT2D eigenvalue weighted by atomic mass is 16.3. The lowest BCUT2D eigenvalue weighted by atomic mass is 10.0. The van der Waals surface area contributed by atoms with Gasteiger partial charge in [-0.1, -0.05) is 24.3 Å². The van der Waals surface area contributed by atoms with E-state index in [1.807, 2.05) is 19.2 Å². The second-order valence-electron chi connectivity index (χ2n) is 4.99. The van der Waals surface area contributed by atoms with Crippen molar-refractivity contribution in [1.29, 1.82) is 0 Å². The molecule has 0 unspecified atom stereocenters. The van der Waals surface area contributed by atoms with Crippen molar-refractivity contribution in [2.75, 3.05) is 13.6 Å². The monoisotopic (exact) mass is 253 g/mol. The molecule has 2 aromatic carbocycles. The maximum Gasteiger partial charge on any atom is 0.135 e. The molecule has 1 heterocycles. The molecule has 0 saturated carbocycles. The van der Waals surface area contributed by atoms with Crippen molar-refractivity contribution in [3.05, 3.63) is 48.0 Å². The number of para-hydroxylation sites is 1. The molecule has 0 saturated heterocycles. The third-order valence-electron chi connectivity index (χ3n) is 3.58. The molecule has 0 spiro atoms. The van der Waals surface area contributed by atoms with Crippen LogP contribution in [0.5, 0.6) is 0 Å². The topological polar surface area (TPSA) is 25.2 Å². The number of aryl methyl sites for hydroxylation is 1.